The number of nitrogens with one attached hydrogen (secondary N) is 1. The highest BCUT2D eigenvalue weighted by molar-refractivity contribution is 6.31. The number of halogens is 2. The average molecular weight is 462 g/mol. The fourth-order valence-electron chi connectivity index (χ4n) is 3.78. The molecule has 6 nitrogen and oxygen atoms in total. The van der Waals surface area contributed by atoms with Crippen LogP contribution in [0.5, 0.6) is 5.75 Å². The van der Waals surface area contributed by atoms with Gasteiger partial charge in [0, 0.05) is 43.2 Å². The summed E-state index contributed by atoms with van der Waals surface area (Å²) in [6.45, 7) is 7.70. The molecule has 0 spiro atoms. The van der Waals surface area contributed by atoms with Crippen molar-refractivity contribution >= 4 is 29.1 Å². The van der Waals surface area contributed by atoms with Crippen molar-refractivity contribution in [3.63, 3.8) is 0 Å². The highest BCUT2D eigenvalue weighted by Gasteiger charge is 2.32. The number of benzene rings is 2. The third-order valence-corrected chi connectivity index (χ3v) is 5.86. The molecule has 0 aromatic heterocycles. The molecule has 0 aliphatic carbocycles. The molecule has 32 heavy (non-hydrogen) atoms. The van der Waals surface area contributed by atoms with E-state index in [-0.39, 0.29) is 36.3 Å². The molecule has 1 aliphatic heterocycles. The van der Waals surface area contributed by atoms with Crippen LogP contribution in [0, 0.1) is 5.82 Å². The SMILES string of the molecule is CCC(=O)Nc1cc(Cl)ccc1OCC(=O)N1CC(C)N(Cc2ccc(F)cc2)CC1C. The molecular weight excluding hydrogens is 433 g/mol. The third-order valence-electron chi connectivity index (χ3n) is 5.62. The zero-order valence-electron chi connectivity index (χ0n) is 18.6. The minimum Gasteiger partial charge on any atom is -0.482 e. The lowest BCUT2D eigenvalue weighted by Gasteiger charge is -2.44. The van der Waals surface area contributed by atoms with Gasteiger partial charge < -0.3 is 15.0 Å². The second-order valence-electron chi connectivity index (χ2n) is 8.13. The average Bonchev–Trinajstić information content (AvgIpc) is 2.76. The van der Waals surface area contributed by atoms with Gasteiger partial charge in [0.05, 0.1) is 5.69 Å². The van der Waals surface area contributed by atoms with Crippen molar-refractivity contribution in [3.8, 4) is 5.75 Å². The number of hydrogen-bond donors (Lipinski definition) is 1. The van der Waals surface area contributed by atoms with E-state index in [9.17, 15) is 14.0 Å². The maximum absolute atomic E-state index is 13.2. The van der Waals surface area contributed by atoms with Crippen molar-refractivity contribution in [3.05, 3.63) is 58.9 Å². The first-order valence-electron chi connectivity index (χ1n) is 10.8. The molecular formula is C24H29ClFN3O3. The molecule has 3 rings (SSSR count). The van der Waals surface area contributed by atoms with Crippen molar-refractivity contribution in [2.45, 2.75) is 45.8 Å². The Bertz CT molecular complexity index is 954. The number of ether oxygens (including phenoxy) is 1. The molecule has 0 bridgehead atoms. The molecule has 1 N–H and O–H groups in total. The van der Waals surface area contributed by atoms with Gasteiger partial charge in [0.25, 0.3) is 5.91 Å². The maximum atomic E-state index is 13.2. The van der Waals surface area contributed by atoms with Crippen LogP contribution in [0.1, 0.15) is 32.8 Å². The van der Waals surface area contributed by atoms with E-state index < -0.39 is 0 Å². The predicted molar refractivity (Wildman–Crippen MR) is 123 cm³/mol. The van der Waals surface area contributed by atoms with Crippen LogP contribution >= 0.6 is 11.6 Å². The van der Waals surface area contributed by atoms with Crippen molar-refractivity contribution in [2.24, 2.45) is 0 Å². The van der Waals surface area contributed by atoms with Crippen LogP contribution < -0.4 is 10.1 Å². The molecule has 1 heterocycles. The van der Waals surface area contributed by atoms with Gasteiger partial charge in [-0.1, -0.05) is 30.7 Å². The van der Waals surface area contributed by atoms with E-state index in [0.717, 1.165) is 5.56 Å². The number of carbonyl (C=O) groups is 2. The molecule has 0 radical (unpaired) electrons. The van der Waals surface area contributed by atoms with E-state index >= 15 is 0 Å². The minimum absolute atomic E-state index is 0.00670. The van der Waals surface area contributed by atoms with Crippen molar-refractivity contribution in [1.29, 1.82) is 0 Å². The van der Waals surface area contributed by atoms with Gasteiger partial charge in [-0.05, 0) is 49.7 Å². The fourth-order valence-corrected chi connectivity index (χ4v) is 3.95. The summed E-state index contributed by atoms with van der Waals surface area (Å²) < 4.78 is 18.9. The Morgan fingerprint density at radius 3 is 2.53 bits per heavy atom. The van der Waals surface area contributed by atoms with Gasteiger partial charge in [0.1, 0.15) is 11.6 Å². The monoisotopic (exact) mass is 461 g/mol. The van der Waals surface area contributed by atoms with Crippen LogP contribution in [-0.2, 0) is 16.1 Å². The summed E-state index contributed by atoms with van der Waals surface area (Å²) in [6.07, 6.45) is 0.322. The Hall–Kier alpha value is -2.64. The third kappa shape index (κ3) is 6.20. The number of piperazine rings is 1. The molecule has 1 saturated heterocycles. The van der Waals surface area contributed by atoms with Gasteiger partial charge in [-0.15, -0.1) is 0 Å². The molecule has 1 aliphatic rings. The van der Waals surface area contributed by atoms with Crippen LogP contribution in [0.4, 0.5) is 10.1 Å². The number of rotatable bonds is 7. The first-order chi connectivity index (χ1) is 15.3. The van der Waals surface area contributed by atoms with Crippen LogP contribution in [0.15, 0.2) is 42.5 Å². The lowest BCUT2D eigenvalue weighted by molar-refractivity contribution is -0.139. The summed E-state index contributed by atoms with van der Waals surface area (Å²) in [5, 5.41) is 3.22. The van der Waals surface area contributed by atoms with Gasteiger partial charge in [-0.3, -0.25) is 14.5 Å². The lowest BCUT2D eigenvalue weighted by atomic mass is 10.1. The number of nitrogens with zero attached hydrogens (tertiary/aromatic N) is 2. The van der Waals surface area contributed by atoms with Crippen LogP contribution in [-0.4, -0.2) is 53.4 Å². The topological polar surface area (TPSA) is 61.9 Å². The lowest BCUT2D eigenvalue weighted by Crippen LogP contribution is -2.58. The van der Waals surface area contributed by atoms with Gasteiger partial charge in [0.15, 0.2) is 6.61 Å². The van der Waals surface area contributed by atoms with E-state index in [4.69, 9.17) is 16.3 Å². The highest BCUT2D eigenvalue weighted by Crippen LogP contribution is 2.28. The van der Waals surface area contributed by atoms with Crippen molar-refractivity contribution in [1.82, 2.24) is 9.80 Å². The maximum Gasteiger partial charge on any atom is 0.260 e. The van der Waals surface area contributed by atoms with Crippen LogP contribution in [0.3, 0.4) is 0 Å². The van der Waals surface area contributed by atoms with Gasteiger partial charge in [0.2, 0.25) is 5.91 Å². The Kier molecular flexibility index (Phi) is 8.10. The second kappa shape index (κ2) is 10.8. The second-order valence-corrected chi connectivity index (χ2v) is 8.57. The summed E-state index contributed by atoms with van der Waals surface area (Å²) >= 11 is 6.04. The Morgan fingerprint density at radius 1 is 1.12 bits per heavy atom. The zero-order valence-corrected chi connectivity index (χ0v) is 19.4. The highest BCUT2D eigenvalue weighted by atomic mass is 35.5. The molecule has 1 fully saturated rings. The molecule has 2 amide bonds. The summed E-state index contributed by atoms with van der Waals surface area (Å²) in [5.74, 6) is -0.124. The Labute approximate surface area is 193 Å². The molecule has 8 heteroatoms. The van der Waals surface area contributed by atoms with Gasteiger partial charge in [-0.2, -0.15) is 0 Å². The molecule has 2 unspecified atom stereocenters. The number of anilines is 1. The van der Waals surface area contributed by atoms with E-state index in [1.165, 1.54) is 12.1 Å². The van der Waals surface area contributed by atoms with E-state index in [0.29, 0.717) is 42.5 Å². The smallest absolute Gasteiger partial charge is 0.260 e. The molecule has 0 saturated carbocycles. The standard InChI is InChI=1S/C24H29ClFN3O3/c1-4-23(30)27-21-11-19(25)7-10-22(21)32-15-24(31)29-13-16(2)28(12-17(29)3)14-18-5-8-20(26)9-6-18/h5-11,16-17H,4,12-15H2,1-3H3,(H,27,30). The first-order valence-corrected chi connectivity index (χ1v) is 11.1. The van der Waals surface area contributed by atoms with Crippen LogP contribution in [0.25, 0.3) is 0 Å². The number of carbonyl (C=O) groups excluding carboxylic acids is 2. The van der Waals surface area contributed by atoms with Crippen molar-refractivity contribution < 1.29 is 18.7 Å². The molecule has 172 valence electrons. The molecule has 2 aromatic rings. The molecule has 2 atom stereocenters. The first kappa shape index (κ1) is 24.0. The number of amides is 2. The summed E-state index contributed by atoms with van der Waals surface area (Å²) in [5.41, 5.74) is 1.49. The summed E-state index contributed by atoms with van der Waals surface area (Å²) in [7, 11) is 0. The Balaban J connectivity index is 1.59. The molecule has 2 aromatic carbocycles. The van der Waals surface area contributed by atoms with E-state index in [1.807, 2.05) is 11.8 Å². The normalized spacial score (nSPS) is 19.0. The van der Waals surface area contributed by atoms with Crippen LogP contribution in [0.2, 0.25) is 5.02 Å². The minimum atomic E-state index is -0.247. The quantitative estimate of drug-likeness (QED) is 0.666. The fraction of sp³-hybridized carbons (Fsp3) is 0.417. The van der Waals surface area contributed by atoms with Gasteiger partial charge >= 0.3 is 0 Å². The van der Waals surface area contributed by atoms with E-state index in [1.54, 1.807) is 37.3 Å². The number of hydrogen-bond acceptors (Lipinski definition) is 4. The summed E-state index contributed by atoms with van der Waals surface area (Å²) in [4.78, 5) is 28.8. The summed E-state index contributed by atoms with van der Waals surface area (Å²) in [6, 6.07) is 11.6. The Morgan fingerprint density at radius 2 is 1.84 bits per heavy atom. The largest absolute Gasteiger partial charge is 0.482 e. The zero-order chi connectivity index (χ0) is 23.3. The van der Waals surface area contributed by atoms with Gasteiger partial charge in [-0.25, -0.2) is 4.39 Å². The van der Waals surface area contributed by atoms with Crippen molar-refractivity contribution in [2.75, 3.05) is 25.0 Å². The predicted octanol–water partition coefficient (Wildman–Crippen LogP) is 4.33. The van der Waals surface area contributed by atoms with E-state index in [2.05, 4.69) is 17.1 Å².